The Labute approximate surface area is 200 Å². The first-order valence-electron chi connectivity index (χ1n) is 12.1. The van der Waals surface area contributed by atoms with Crippen LogP contribution in [0.4, 0.5) is 13.2 Å². The monoisotopic (exact) mass is 468 g/mol. The van der Waals surface area contributed by atoms with Crippen LogP contribution in [0.2, 0.25) is 0 Å². The lowest BCUT2D eigenvalue weighted by Gasteiger charge is -2.42. The summed E-state index contributed by atoms with van der Waals surface area (Å²) in [5.41, 5.74) is 1.06. The molecule has 0 aromatic heterocycles. The maximum atomic E-state index is 15.0. The topological polar surface area (TPSA) is 18.5 Å². The number of halogens is 3. The van der Waals surface area contributed by atoms with Gasteiger partial charge in [-0.25, -0.2) is 8.78 Å². The Bertz CT molecular complexity index is 1080. The van der Waals surface area contributed by atoms with Gasteiger partial charge < -0.3 is 9.47 Å². The van der Waals surface area contributed by atoms with Crippen LogP contribution in [-0.2, 0) is 4.74 Å². The summed E-state index contributed by atoms with van der Waals surface area (Å²) in [7, 11) is 0. The van der Waals surface area contributed by atoms with Gasteiger partial charge in [0.25, 0.3) is 0 Å². The van der Waals surface area contributed by atoms with E-state index < -0.39 is 11.6 Å². The molecule has 2 aromatic carbocycles. The van der Waals surface area contributed by atoms with Crippen molar-refractivity contribution in [1.29, 1.82) is 0 Å². The first-order chi connectivity index (χ1) is 16.5. The summed E-state index contributed by atoms with van der Waals surface area (Å²) in [5, 5.41) is 0. The highest BCUT2D eigenvalue weighted by Gasteiger charge is 2.36. The Morgan fingerprint density at radius 1 is 0.971 bits per heavy atom. The molecule has 4 atom stereocenters. The molecule has 2 fully saturated rings. The molecule has 0 heterocycles. The zero-order valence-corrected chi connectivity index (χ0v) is 19.6. The molecule has 2 aromatic rings. The minimum Gasteiger partial charge on any atom is -0.486 e. The Hall–Kier alpha value is -2.71. The van der Waals surface area contributed by atoms with Crippen molar-refractivity contribution in [3.63, 3.8) is 0 Å². The Balaban J connectivity index is 1.44. The lowest BCUT2D eigenvalue weighted by molar-refractivity contribution is -0.00968. The average molecular weight is 469 g/mol. The molecule has 2 aliphatic rings. The van der Waals surface area contributed by atoms with Gasteiger partial charge in [-0.2, -0.15) is 4.39 Å². The maximum absolute atomic E-state index is 15.0. The largest absolute Gasteiger partial charge is 0.486 e. The van der Waals surface area contributed by atoms with Gasteiger partial charge in [-0.05, 0) is 93.0 Å². The van der Waals surface area contributed by atoms with Crippen LogP contribution in [0.15, 0.2) is 43.0 Å². The van der Waals surface area contributed by atoms with Gasteiger partial charge in [-0.1, -0.05) is 30.6 Å². The van der Waals surface area contributed by atoms with Crippen LogP contribution in [0.25, 0.3) is 0 Å². The van der Waals surface area contributed by atoms with Gasteiger partial charge in [-0.3, -0.25) is 0 Å². The molecule has 5 heteroatoms. The van der Waals surface area contributed by atoms with Gasteiger partial charge in [0.05, 0.1) is 11.7 Å². The minimum absolute atomic E-state index is 0.0726. The summed E-state index contributed by atoms with van der Waals surface area (Å²) in [6.45, 7) is 6.36. The standard InChI is InChI=1S/C29H31F3O2/c1-3-15-34-27-14-11-20(28(31)29(27)32)7-5-19-6-13-25(26(30)16-19)23-9-8-22-18-24(33-4-2)12-10-21(22)17-23/h3,6,11,13-14,16,21-24H,1,4,8-10,12,15,17-18H2,2H3. The van der Waals surface area contributed by atoms with Crippen LogP contribution in [0.1, 0.15) is 68.1 Å². The van der Waals surface area contributed by atoms with E-state index in [9.17, 15) is 8.78 Å². The van der Waals surface area contributed by atoms with E-state index in [-0.39, 0.29) is 29.7 Å². The average Bonchev–Trinajstić information content (AvgIpc) is 2.84. The van der Waals surface area contributed by atoms with Crippen LogP contribution < -0.4 is 4.74 Å². The Kier molecular flexibility index (Phi) is 8.00. The summed E-state index contributed by atoms with van der Waals surface area (Å²) in [5.74, 6) is 4.24. The van der Waals surface area contributed by atoms with Gasteiger partial charge >= 0.3 is 0 Å². The van der Waals surface area contributed by atoms with Crippen molar-refractivity contribution in [2.45, 2.75) is 57.5 Å². The number of ether oxygens (including phenoxy) is 2. The van der Waals surface area contributed by atoms with Gasteiger partial charge in [0.1, 0.15) is 12.4 Å². The fourth-order valence-electron chi connectivity index (χ4n) is 5.48. The third-order valence-electron chi connectivity index (χ3n) is 7.15. The highest BCUT2D eigenvalue weighted by atomic mass is 19.2. The molecule has 0 aliphatic heterocycles. The molecule has 0 bridgehead atoms. The zero-order chi connectivity index (χ0) is 24.1. The van der Waals surface area contributed by atoms with E-state index in [1.165, 1.54) is 24.3 Å². The van der Waals surface area contributed by atoms with Crippen LogP contribution >= 0.6 is 0 Å². The molecular weight excluding hydrogens is 437 g/mol. The predicted molar refractivity (Wildman–Crippen MR) is 127 cm³/mol. The molecule has 180 valence electrons. The van der Waals surface area contributed by atoms with Gasteiger partial charge in [0.2, 0.25) is 5.82 Å². The normalized spacial score (nSPS) is 24.0. The first-order valence-corrected chi connectivity index (χ1v) is 12.1. The van der Waals surface area contributed by atoms with Crippen molar-refractivity contribution in [3.05, 3.63) is 77.1 Å². The molecule has 4 unspecified atom stereocenters. The molecule has 2 nitrogen and oxygen atoms in total. The molecule has 0 N–H and O–H groups in total. The Morgan fingerprint density at radius 3 is 2.53 bits per heavy atom. The van der Waals surface area contributed by atoms with Gasteiger partial charge in [0, 0.05) is 12.2 Å². The highest BCUT2D eigenvalue weighted by Crippen LogP contribution is 2.47. The number of fused-ring (bicyclic) bond motifs is 1. The van der Waals surface area contributed by atoms with E-state index in [4.69, 9.17) is 9.47 Å². The van der Waals surface area contributed by atoms with E-state index >= 15 is 4.39 Å². The second kappa shape index (κ2) is 11.1. The van der Waals surface area contributed by atoms with Crippen molar-refractivity contribution in [2.24, 2.45) is 11.8 Å². The summed E-state index contributed by atoms with van der Waals surface area (Å²) in [6, 6.07) is 7.65. The number of rotatable bonds is 6. The van der Waals surface area contributed by atoms with Crippen LogP contribution in [0.3, 0.4) is 0 Å². The van der Waals surface area contributed by atoms with Crippen molar-refractivity contribution >= 4 is 0 Å². The molecular formula is C29H31F3O2. The van der Waals surface area contributed by atoms with Crippen molar-refractivity contribution in [2.75, 3.05) is 13.2 Å². The molecule has 0 radical (unpaired) electrons. The smallest absolute Gasteiger partial charge is 0.201 e. The quantitative estimate of drug-likeness (QED) is 0.331. The molecule has 4 rings (SSSR count). The third-order valence-corrected chi connectivity index (χ3v) is 7.15. The van der Waals surface area contributed by atoms with Crippen LogP contribution in [0, 0.1) is 41.1 Å². The van der Waals surface area contributed by atoms with E-state index in [0.717, 1.165) is 50.7 Å². The maximum Gasteiger partial charge on any atom is 0.201 e. The van der Waals surface area contributed by atoms with E-state index in [1.807, 2.05) is 6.92 Å². The molecule has 0 spiro atoms. The van der Waals surface area contributed by atoms with E-state index in [1.54, 1.807) is 12.1 Å². The van der Waals surface area contributed by atoms with Crippen molar-refractivity contribution in [1.82, 2.24) is 0 Å². The fraction of sp³-hybridized carbons (Fsp3) is 0.448. The number of hydrogen-bond donors (Lipinski definition) is 0. The van der Waals surface area contributed by atoms with Crippen molar-refractivity contribution < 1.29 is 22.6 Å². The summed E-state index contributed by atoms with van der Waals surface area (Å²) in [6.07, 6.45) is 8.29. The molecule has 0 saturated heterocycles. The third kappa shape index (κ3) is 5.50. The zero-order valence-electron chi connectivity index (χ0n) is 19.6. The molecule has 0 amide bonds. The lowest BCUT2D eigenvalue weighted by Crippen LogP contribution is -2.33. The SMILES string of the molecule is C=CCOc1ccc(C#Cc2ccc(C3CCC4CC(OCC)CCC4C3)c(F)c2)c(F)c1F. The van der Waals surface area contributed by atoms with Crippen molar-refractivity contribution in [3.8, 4) is 17.6 Å². The number of hydrogen-bond acceptors (Lipinski definition) is 2. The fourth-order valence-corrected chi connectivity index (χ4v) is 5.48. The van der Waals surface area contributed by atoms with E-state index in [2.05, 4.69) is 18.4 Å². The first kappa shape index (κ1) is 24.4. The minimum atomic E-state index is -1.10. The highest BCUT2D eigenvalue weighted by molar-refractivity contribution is 5.46. The number of benzene rings is 2. The Morgan fingerprint density at radius 2 is 1.76 bits per heavy atom. The van der Waals surface area contributed by atoms with Gasteiger partial charge in [0.15, 0.2) is 11.6 Å². The predicted octanol–water partition coefficient (Wildman–Crippen LogP) is 7.16. The second-order valence-corrected chi connectivity index (χ2v) is 9.25. The molecule has 34 heavy (non-hydrogen) atoms. The molecule has 2 saturated carbocycles. The summed E-state index contributed by atoms with van der Waals surface area (Å²) in [4.78, 5) is 0. The van der Waals surface area contributed by atoms with Crippen LogP contribution in [0.5, 0.6) is 5.75 Å². The molecule has 2 aliphatic carbocycles. The summed E-state index contributed by atoms with van der Waals surface area (Å²) < 4.78 is 54.4. The second-order valence-electron chi connectivity index (χ2n) is 9.25. The van der Waals surface area contributed by atoms with Gasteiger partial charge in [-0.15, -0.1) is 0 Å². The lowest BCUT2D eigenvalue weighted by atomic mass is 9.65. The van der Waals surface area contributed by atoms with E-state index in [0.29, 0.717) is 23.5 Å². The summed E-state index contributed by atoms with van der Waals surface area (Å²) >= 11 is 0. The van der Waals surface area contributed by atoms with Crippen LogP contribution in [-0.4, -0.2) is 19.3 Å².